The van der Waals surface area contributed by atoms with E-state index in [1.54, 1.807) is 17.9 Å². The molecule has 0 bridgehead atoms. The van der Waals surface area contributed by atoms with E-state index in [-0.39, 0.29) is 18.6 Å². The molecule has 3 aromatic rings. The summed E-state index contributed by atoms with van der Waals surface area (Å²) in [6.07, 6.45) is 1.86. The zero-order chi connectivity index (χ0) is 26.9. The SMILES string of the molecule is COCCOCCOCc1cc(C(=O)NC2CCN(C(C)C)CC2)nn1Cc1cc(-c2ccc(Cl)s2)on1. The van der Waals surface area contributed by atoms with Crippen molar-refractivity contribution in [2.24, 2.45) is 0 Å². The number of hydrogen-bond acceptors (Lipinski definition) is 9. The van der Waals surface area contributed by atoms with E-state index in [2.05, 4.69) is 34.3 Å². The maximum Gasteiger partial charge on any atom is 0.272 e. The first-order chi connectivity index (χ1) is 18.4. The molecule has 4 rings (SSSR count). The summed E-state index contributed by atoms with van der Waals surface area (Å²) in [5, 5.41) is 12.0. The van der Waals surface area contributed by atoms with Gasteiger partial charge in [-0.3, -0.25) is 9.48 Å². The van der Waals surface area contributed by atoms with Crippen molar-refractivity contribution in [2.75, 3.05) is 46.6 Å². The van der Waals surface area contributed by atoms with Crippen LogP contribution in [0.5, 0.6) is 0 Å². The monoisotopic (exact) mass is 565 g/mol. The Balaban J connectivity index is 1.40. The molecule has 208 valence electrons. The van der Waals surface area contributed by atoms with Gasteiger partial charge in [-0.1, -0.05) is 16.8 Å². The fourth-order valence-electron chi connectivity index (χ4n) is 4.28. The van der Waals surface area contributed by atoms with Crippen molar-refractivity contribution in [3.05, 3.63) is 45.7 Å². The topological polar surface area (TPSA) is 104 Å². The summed E-state index contributed by atoms with van der Waals surface area (Å²) >= 11 is 7.48. The van der Waals surface area contributed by atoms with E-state index >= 15 is 0 Å². The van der Waals surface area contributed by atoms with Gasteiger partial charge in [-0.25, -0.2) is 0 Å². The second-order valence-electron chi connectivity index (χ2n) is 9.50. The number of carbonyl (C=O) groups excluding carboxylic acids is 1. The Morgan fingerprint density at radius 2 is 1.95 bits per heavy atom. The van der Waals surface area contributed by atoms with Gasteiger partial charge in [0.15, 0.2) is 11.5 Å². The molecule has 0 spiro atoms. The maximum absolute atomic E-state index is 13.1. The van der Waals surface area contributed by atoms with E-state index in [1.165, 1.54) is 11.3 Å². The average molecular weight is 566 g/mol. The largest absolute Gasteiger partial charge is 0.382 e. The van der Waals surface area contributed by atoms with Crippen LogP contribution in [0.15, 0.2) is 28.8 Å². The summed E-state index contributed by atoms with van der Waals surface area (Å²) in [5.41, 5.74) is 1.81. The minimum Gasteiger partial charge on any atom is -0.382 e. The molecule has 1 amide bonds. The van der Waals surface area contributed by atoms with E-state index < -0.39 is 0 Å². The highest BCUT2D eigenvalue weighted by Gasteiger charge is 2.24. The number of nitrogens with one attached hydrogen (secondary N) is 1. The molecule has 4 heterocycles. The molecule has 0 atom stereocenters. The van der Waals surface area contributed by atoms with Crippen LogP contribution in [0.2, 0.25) is 4.34 Å². The third kappa shape index (κ3) is 8.11. The van der Waals surface area contributed by atoms with Crippen LogP contribution in [0.4, 0.5) is 0 Å². The van der Waals surface area contributed by atoms with Crippen molar-refractivity contribution in [1.29, 1.82) is 0 Å². The Kier molecular flexibility index (Phi) is 10.7. The zero-order valence-corrected chi connectivity index (χ0v) is 23.7. The predicted octanol–water partition coefficient (Wildman–Crippen LogP) is 4.08. The van der Waals surface area contributed by atoms with Crippen LogP contribution in [0.25, 0.3) is 10.6 Å². The number of nitrogens with zero attached hydrogens (tertiary/aromatic N) is 4. The molecule has 38 heavy (non-hydrogen) atoms. The van der Waals surface area contributed by atoms with Crippen LogP contribution in [0.3, 0.4) is 0 Å². The van der Waals surface area contributed by atoms with Crippen molar-refractivity contribution in [2.45, 2.75) is 51.9 Å². The number of aromatic nitrogens is 3. The third-order valence-corrected chi connectivity index (χ3v) is 7.68. The summed E-state index contributed by atoms with van der Waals surface area (Å²) in [6.45, 7) is 8.91. The number of methoxy groups -OCH3 is 1. The number of amides is 1. The van der Waals surface area contributed by atoms with Crippen LogP contribution in [-0.4, -0.2) is 84.5 Å². The van der Waals surface area contributed by atoms with Gasteiger partial charge in [0.1, 0.15) is 5.69 Å². The number of rotatable bonds is 14. The molecule has 0 saturated carbocycles. The van der Waals surface area contributed by atoms with Gasteiger partial charge in [0.05, 0.1) is 54.5 Å². The van der Waals surface area contributed by atoms with Crippen LogP contribution in [0, 0.1) is 0 Å². The lowest BCUT2D eigenvalue weighted by atomic mass is 10.0. The third-order valence-electron chi connectivity index (χ3n) is 6.43. The predicted molar refractivity (Wildman–Crippen MR) is 146 cm³/mol. The zero-order valence-electron chi connectivity index (χ0n) is 22.2. The van der Waals surface area contributed by atoms with Crippen LogP contribution in [-0.2, 0) is 27.4 Å². The van der Waals surface area contributed by atoms with Crippen molar-refractivity contribution in [3.8, 4) is 10.6 Å². The van der Waals surface area contributed by atoms with E-state index in [0.717, 1.165) is 36.5 Å². The molecule has 12 heteroatoms. The van der Waals surface area contributed by atoms with Gasteiger partial charge in [-0.05, 0) is 44.9 Å². The first-order valence-electron chi connectivity index (χ1n) is 12.9. The lowest BCUT2D eigenvalue weighted by Gasteiger charge is -2.34. The van der Waals surface area contributed by atoms with Crippen molar-refractivity contribution >= 4 is 28.8 Å². The fraction of sp³-hybridized carbons (Fsp3) is 0.577. The Morgan fingerprint density at radius 3 is 2.66 bits per heavy atom. The van der Waals surface area contributed by atoms with E-state index in [9.17, 15) is 4.79 Å². The molecule has 10 nitrogen and oxygen atoms in total. The van der Waals surface area contributed by atoms with Gasteiger partial charge in [0.2, 0.25) is 0 Å². The van der Waals surface area contributed by atoms with Gasteiger partial charge in [0.25, 0.3) is 5.91 Å². The molecule has 3 aromatic heterocycles. The maximum atomic E-state index is 13.1. The van der Waals surface area contributed by atoms with Gasteiger partial charge in [-0.2, -0.15) is 5.10 Å². The standard InChI is InChI=1S/C26H36ClN5O5S/c1-18(2)31-8-6-19(7-9-31)28-26(33)22-15-21(17-36-13-12-35-11-10-34-3)32(29-22)16-20-14-23(37-30-20)24-4-5-25(27)38-24/h4-5,14-15,18-19H,6-13,16-17H2,1-3H3,(H,28,33). The summed E-state index contributed by atoms with van der Waals surface area (Å²) in [5.74, 6) is 0.464. The minimum absolute atomic E-state index is 0.141. The number of carbonyl (C=O) groups is 1. The number of piperidine rings is 1. The smallest absolute Gasteiger partial charge is 0.272 e. The number of halogens is 1. The van der Waals surface area contributed by atoms with Crippen molar-refractivity contribution < 1.29 is 23.5 Å². The van der Waals surface area contributed by atoms with Gasteiger partial charge in [-0.15, -0.1) is 11.3 Å². The lowest BCUT2D eigenvalue weighted by Crippen LogP contribution is -2.46. The number of ether oxygens (including phenoxy) is 3. The minimum atomic E-state index is -0.176. The van der Waals surface area contributed by atoms with Gasteiger partial charge < -0.3 is 29.0 Å². The Labute approximate surface area is 232 Å². The first kappa shape index (κ1) is 28.7. The highest BCUT2D eigenvalue weighted by Crippen LogP contribution is 2.31. The molecule has 0 aliphatic carbocycles. The first-order valence-corrected chi connectivity index (χ1v) is 14.1. The molecule has 1 fully saturated rings. The Morgan fingerprint density at radius 1 is 1.18 bits per heavy atom. The number of likely N-dealkylation sites (tertiary alicyclic amines) is 1. The normalized spacial score (nSPS) is 15.0. The molecule has 1 aliphatic heterocycles. The molecule has 0 radical (unpaired) electrons. The van der Waals surface area contributed by atoms with E-state index in [1.807, 2.05) is 18.2 Å². The Hall–Kier alpha value is -2.28. The quantitative estimate of drug-likeness (QED) is 0.292. The molecule has 1 aliphatic rings. The lowest BCUT2D eigenvalue weighted by molar-refractivity contribution is 0.0185. The van der Waals surface area contributed by atoms with E-state index in [4.69, 9.17) is 30.3 Å². The average Bonchev–Trinajstić information content (AvgIpc) is 3.64. The summed E-state index contributed by atoms with van der Waals surface area (Å²) < 4.78 is 24.2. The second-order valence-corrected chi connectivity index (χ2v) is 11.2. The number of hydrogen-bond donors (Lipinski definition) is 1. The fourth-order valence-corrected chi connectivity index (χ4v) is 5.27. The van der Waals surface area contributed by atoms with Gasteiger partial charge in [0, 0.05) is 38.3 Å². The van der Waals surface area contributed by atoms with E-state index in [0.29, 0.717) is 60.5 Å². The highest BCUT2D eigenvalue weighted by molar-refractivity contribution is 7.19. The molecular weight excluding hydrogens is 530 g/mol. The van der Waals surface area contributed by atoms with Gasteiger partial charge >= 0.3 is 0 Å². The molecule has 1 saturated heterocycles. The van der Waals surface area contributed by atoms with Crippen molar-refractivity contribution in [1.82, 2.24) is 25.2 Å². The van der Waals surface area contributed by atoms with Crippen LogP contribution < -0.4 is 5.32 Å². The summed E-state index contributed by atoms with van der Waals surface area (Å²) in [6, 6.07) is 8.02. The van der Waals surface area contributed by atoms with Crippen molar-refractivity contribution in [3.63, 3.8) is 0 Å². The molecule has 1 N–H and O–H groups in total. The summed E-state index contributed by atoms with van der Waals surface area (Å²) in [7, 11) is 1.64. The molecule has 0 aromatic carbocycles. The number of thiophene rings is 1. The Bertz CT molecular complexity index is 1150. The molecular formula is C26H36ClN5O5S. The summed E-state index contributed by atoms with van der Waals surface area (Å²) in [4.78, 5) is 16.4. The highest BCUT2D eigenvalue weighted by atomic mass is 35.5. The second kappa shape index (κ2) is 14.2. The van der Waals surface area contributed by atoms with Crippen LogP contribution in [0.1, 0.15) is 48.6 Å². The molecule has 0 unspecified atom stereocenters. The van der Waals surface area contributed by atoms with Crippen LogP contribution >= 0.6 is 22.9 Å².